The molecule has 2 saturated heterocycles. The van der Waals surface area contributed by atoms with E-state index >= 15 is 0 Å². The lowest BCUT2D eigenvalue weighted by Gasteiger charge is -2.43. The Kier molecular flexibility index (Phi) is 11.6. The van der Waals surface area contributed by atoms with Gasteiger partial charge in [0.25, 0.3) is 0 Å². The second-order valence-electron chi connectivity index (χ2n) is 11.8. The van der Waals surface area contributed by atoms with Crippen LogP contribution in [0.15, 0.2) is 72.8 Å². The molecule has 2 heterocycles. The molecule has 3 aromatic rings. The first-order valence-electron chi connectivity index (χ1n) is 16.0. The quantitative estimate of drug-likeness (QED) is 0.245. The number of urea groups is 1. The lowest BCUT2D eigenvalue weighted by atomic mass is 9.89. The number of hydrogen-bond acceptors (Lipinski definition) is 7. The number of carbonyl (C=O) groups is 2. The Hall–Kier alpha value is -3.76. The monoisotopic (exact) mass is 615 g/mol. The van der Waals surface area contributed by atoms with Crippen LogP contribution in [-0.4, -0.2) is 60.9 Å². The standard InChI is InChI=1S/C36H45N3O6/c1-3-43-33(41)22-38-36(42)37-21-30-9-5-6-10-31(30)27-15-17-29(18-16-27)35-44-32(23-39-19-7-4-8-20-39)25(2)34(45-35)28-13-11-26(24-40)12-14-28/h5-6,9-18,25,32,34-35,40H,3-4,7-8,19-24H2,1-2H3,(H2,37,38,42)/t25-,32+,34+,35+/m0/s1. The number of aliphatic hydroxyl groups is 1. The molecule has 0 radical (unpaired) electrons. The first-order chi connectivity index (χ1) is 21.9. The number of benzene rings is 3. The van der Waals surface area contributed by atoms with Crippen LogP contribution < -0.4 is 10.6 Å². The Labute approximate surface area is 265 Å². The molecule has 2 fully saturated rings. The lowest BCUT2D eigenvalue weighted by Crippen LogP contribution is -2.45. The average molecular weight is 616 g/mol. The molecule has 0 spiro atoms. The van der Waals surface area contributed by atoms with Crippen molar-refractivity contribution in [3.63, 3.8) is 0 Å². The Balaban J connectivity index is 1.30. The van der Waals surface area contributed by atoms with Crippen molar-refractivity contribution in [1.29, 1.82) is 0 Å². The third-order valence-corrected chi connectivity index (χ3v) is 8.66. The maximum Gasteiger partial charge on any atom is 0.325 e. The van der Waals surface area contributed by atoms with Gasteiger partial charge in [0, 0.05) is 24.6 Å². The molecule has 3 N–H and O–H groups in total. The predicted molar refractivity (Wildman–Crippen MR) is 172 cm³/mol. The van der Waals surface area contributed by atoms with Gasteiger partial charge in [0.15, 0.2) is 6.29 Å². The number of nitrogens with zero attached hydrogens (tertiary/aromatic N) is 1. The predicted octanol–water partition coefficient (Wildman–Crippen LogP) is 5.49. The number of piperidine rings is 1. The van der Waals surface area contributed by atoms with Gasteiger partial charge in [-0.25, -0.2) is 4.79 Å². The zero-order chi connectivity index (χ0) is 31.6. The van der Waals surface area contributed by atoms with E-state index in [0.717, 1.165) is 53.0 Å². The fourth-order valence-electron chi connectivity index (χ4n) is 6.10. The molecule has 2 aliphatic heterocycles. The minimum Gasteiger partial charge on any atom is -0.465 e. The molecule has 5 rings (SSSR count). The lowest BCUT2D eigenvalue weighted by molar-refractivity contribution is -0.276. The van der Waals surface area contributed by atoms with Gasteiger partial charge in [-0.15, -0.1) is 0 Å². The van der Waals surface area contributed by atoms with Gasteiger partial charge in [0.2, 0.25) is 0 Å². The summed E-state index contributed by atoms with van der Waals surface area (Å²) in [6.45, 7) is 7.41. The zero-order valence-electron chi connectivity index (χ0n) is 26.2. The summed E-state index contributed by atoms with van der Waals surface area (Å²) in [6, 6.07) is 23.7. The van der Waals surface area contributed by atoms with Crippen LogP contribution in [0.2, 0.25) is 0 Å². The molecule has 0 aliphatic carbocycles. The molecule has 2 amide bonds. The third kappa shape index (κ3) is 8.70. The van der Waals surface area contributed by atoms with Gasteiger partial charge in [-0.1, -0.05) is 86.1 Å². The van der Waals surface area contributed by atoms with Gasteiger partial charge >= 0.3 is 12.0 Å². The van der Waals surface area contributed by atoms with Gasteiger partial charge in [-0.05, 0) is 60.7 Å². The molecule has 240 valence electrons. The molecule has 9 nitrogen and oxygen atoms in total. The van der Waals surface area contributed by atoms with Crippen molar-refractivity contribution in [2.24, 2.45) is 5.92 Å². The maximum absolute atomic E-state index is 12.3. The fourth-order valence-corrected chi connectivity index (χ4v) is 6.10. The normalized spacial score (nSPS) is 22.0. The van der Waals surface area contributed by atoms with E-state index in [1.165, 1.54) is 19.3 Å². The largest absolute Gasteiger partial charge is 0.465 e. The molecule has 0 aromatic heterocycles. The van der Waals surface area contributed by atoms with Gasteiger partial charge in [0.1, 0.15) is 6.54 Å². The highest BCUT2D eigenvalue weighted by Crippen LogP contribution is 2.42. The first-order valence-corrected chi connectivity index (χ1v) is 16.0. The van der Waals surface area contributed by atoms with Crippen molar-refractivity contribution < 1.29 is 28.9 Å². The van der Waals surface area contributed by atoms with Crippen LogP contribution in [0.3, 0.4) is 0 Å². The highest BCUT2D eigenvalue weighted by molar-refractivity contribution is 5.81. The smallest absolute Gasteiger partial charge is 0.325 e. The molecule has 45 heavy (non-hydrogen) atoms. The summed E-state index contributed by atoms with van der Waals surface area (Å²) in [7, 11) is 0. The molecule has 9 heteroatoms. The molecule has 4 atom stereocenters. The fraction of sp³-hybridized carbons (Fsp3) is 0.444. The minimum atomic E-state index is -0.521. The minimum absolute atomic E-state index is 0.00539. The molecular weight excluding hydrogens is 570 g/mol. The van der Waals surface area contributed by atoms with Gasteiger partial charge < -0.3 is 34.9 Å². The molecule has 3 aromatic carbocycles. The van der Waals surface area contributed by atoms with Crippen LogP contribution in [-0.2, 0) is 32.2 Å². The summed E-state index contributed by atoms with van der Waals surface area (Å²) in [4.78, 5) is 26.3. The van der Waals surface area contributed by atoms with Crippen LogP contribution in [0, 0.1) is 5.92 Å². The summed E-state index contributed by atoms with van der Waals surface area (Å²) in [5, 5.41) is 14.9. The molecular formula is C36H45N3O6. The van der Waals surface area contributed by atoms with Crippen LogP contribution in [0.5, 0.6) is 0 Å². The van der Waals surface area contributed by atoms with Crippen LogP contribution in [0.1, 0.15) is 67.8 Å². The van der Waals surface area contributed by atoms with Gasteiger partial charge in [0.05, 0.1) is 25.4 Å². The van der Waals surface area contributed by atoms with Gasteiger partial charge in [-0.2, -0.15) is 0 Å². The number of esters is 1. The Morgan fingerprint density at radius 2 is 1.62 bits per heavy atom. The third-order valence-electron chi connectivity index (χ3n) is 8.66. The van der Waals surface area contributed by atoms with Crippen molar-refractivity contribution >= 4 is 12.0 Å². The molecule has 0 bridgehead atoms. The number of carbonyl (C=O) groups excluding carboxylic acids is 2. The van der Waals surface area contributed by atoms with Crippen LogP contribution >= 0.6 is 0 Å². The number of aliphatic hydroxyl groups excluding tert-OH is 1. The Morgan fingerprint density at radius 3 is 2.33 bits per heavy atom. The van der Waals surface area contributed by atoms with Crippen molar-refractivity contribution in [2.75, 3.05) is 32.8 Å². The highest BCUT2D eigenvalue weighted by atomic mass is 16.7. The van der Waals surface area contributed by atoms with E-state index < -0.39 is 18.3 Å². The second kappa shape index (κ2) is 16.0. The average Bonchev–Trinajstić information content (AvgIpc) is 3.08. The number of amides is 2. The summed E-state index contributed by atoms with van der Waals surface area (Å²) < 4.78 is 18.2. The van der Waals surface area contributed by atoms with Crippen LogP contribution in [0.4, 0.5) is 4.79 Å². The van der Waals surface area contributed by atoms with E-state index in [2.05, 4.69) is 58.9 Å². The molecule has 2 aliphatic rings. The summed E-state index contributed by atoms with van der Waals surface area (Å²) in [6.07, 6.45) is 3.08. The van der Waals surface area contributed by atoms with Gasteiger partial charge in [-0.3, -0.25) is 4.79 Å². The Bertz CT molecular complexity index is 1390. The van der Waals surface area contributed by atoms with E-state index in [-0.39, 0.29) is 37.9 Å². The number of rotatable bonds is 11. The summed E-state index contributed by atoms with van der Waals surface area (Å²) >= 11 is 0. The van der Waals surface area contributed by atoms with E-state index in [0.29, 0.717) is 6.54 Å². The number of likely N-dealkylation sites (tertiary alicyclic amines) is 1. The van der Waals surface area contributed by atoms with Crippen molar-refractivity contribution in [2.45, 2.75) is 64.8 Å². The molecule has 0 unspecified atom stereocenters. The van der Waals surface area contributed by atoms with E-state index in [4.69, 9.17) is 14.2 Å². The topological polar surface area (TPSA) is 109 Å². The maximum atomic E-state index is 12.3. The van der Waals surface area contributed by atoms with E-state index in [1.54, 1.807) is 6.92 Å². The number of nitrogens with one attached hydrogen (secondary N) is 2. The SMILES string of the molecule is CCOC(=O)CNC(=O)NCc1ccccc1-c1ccc([C@@H]2O[C@H](CN3CCCCC3)[C@H](C)[C@H](c3ccc(CO)cc3)O2)cc1. The van der Waals surface area contributed by atoms with Crippen molar-refractivity contribution in [1.82, 2.24) is 15.5 Å². The summed E-state index contributed by atoms with van der Waals surface area (Å²) in [5.41, 5.74) is 5.86. The van der Waals surface area contributed by atoms with E-state index in [9.17, 15) is 14.7 Å². The van der Waals surface area contributed by atoms with Crippen LogP contribution in [0.25, 0.3) is 11.1 Å². The number of ether oxygens (including phenoxy) is 3. The first kappa shape index (κ1) is 32.6. The Morgan fingerprint density at radius 1 is 0.911 bits per heavy atom. The number of hydrogen-bond donors (Lipinski definition) is 3. The zero-order valence-corrected chi connectivity index (χ0v) is 26.2. The van der Waals surface area contributed by atoms with Crippen molar-refractivity contribution in [3.8, 4) is 11.1 Å². The second-order valence-corrected chi connectivity index (χ2v) is 11.8. The van der Waals surface area contributed by atoms with Crippen molar-refractivity contribution in [3.05, 3.63) is 95.1 Å². The highest BCUT2D eigenvalue weighted by Gasteiger charge is 2.39. The van der Waals surface area contributed by atoms with E-state index in [1.807, 2.05) is 36.4 Å². The summed E-state index contributed by atoms with van der Waals surface area (Å²) in [5.74, 6) is -0.325. The molecule has 0 saturated carbocycles.